The second-order valence-electron chi connectivity index (χ2n) is 3.24. The van der Waals surface area contributed by atoms with Crippen molar-refractivity contribution in [2.75, 3.05) is 6.54 Å². The van der Waals surface area contributed by atoms with E-state index < -0.39 is 5.82 Å². The number of nitrogens with two attached hydrogens (primary N) is 1. The lowest BCUT2D eigenvalue weighted by molar-refractivity contribution is 0.0941. The summed E-state index contributed by atoms with van der Waals surface area (Å²) < 4.78 is 13.2. The van der Waals surface area contributed by atoms with Crippen LogP contribution in [-0.4, -0.2) is 18.5 Å². The lowest BCUT2D eigenvalue weighted by Crippen LogP contribution is -2.37. The third-order valence-electron chi connectivity index (χ3n) is 1.91. The quantitative estimate of drug-likeness (QED) is 0.881. The first-order valence-electron chi connectivity index (χ1n) is 4.50. The maximum Gasteiger partial charge on any atom is 0.251 e. The van der Waals surface area contributed by atoms with E-state index in [1.165, 1.54) is 18.2 Å². The summed E-state index contributed by atoms with van der Waals surface area (Å²) in [6.07, 6.45) is 0. The highest BCUT2D eigenvalue weighted by atomic mass is 79.9. The van der Waals surface area contributed by atoms with Crippen molar-refractivity contribution in [1.82, 2.24) is 5.32 Å². The molecule has 0 aliphatic carbocycles. The summed E-state index contributed by atoms with van der Waals surface area (Å²) in [4.78, 5) is 11.6. The van der Waals surface area contributed by atoms with Gasteiger partial charge in [0, 0.05) is 18.2 Å². The van der Waals surface area contributed by atoms with E-state index in [1.54, 1.807) is 6.92 Å². The molecule has 5 heteroatoms. The third-order valence-corrected chi connectivity index (χ3v) is 2.52. The van der Waals surface area contributed by atoms with Crippen LogP contribution in [0.3, 0.4) is 0 Å². The average molecular weight is 275 g/mol. The van der Waals surface area contributed by atoms with Crippen LogP contribution in [0.1, 0.15) is 17.3 Å². The maximum absolute atomic E-state index is 12.9. The van der Waals surface area contributed by atoms with Gasteiger partial charge in [0.05, 0.1) is 4.47 Å². The van der Waals surface area contributed by atoms with E-state index in [-0.39, 0.29) is 16.4 Å². The zero-order valence-electron chi connectivity index (χ0n) is 8.26. The molecule has 3 N–H and O–H groups in total. The molecule has 1 rings (SSSR count). The van der Waals surface area contributed by atoms with Crippen LogP contribution in [0.2, 0.25) is 0 Å². The van der Waals surface area contributed by atoms with Crippen molar-refractivity contribution >= 4 is 21.8 Å². The molecule has 1 amide bonds. The summed E-state index contributed by atoms with van der Waals surface area (Å²) >= 11 is 3.02. The lowest BCUT2D eigenvalue weighted by atomic mass is 10.2. The second-order valence-corrected chi connectivity index (χ2v) is 4.09. The molecule has 0 saturated heterocycles. The minimum absolute atomic E-state index is 0.0960. The Labute approximate surface area is 96.0 Å². The topological polar surface area (TPSA) is 55.1 Å². The normalized spacial score (nSPS) is 12.3. The van der Waals surface area contributed by atoms with Gasteiger partial charge < -0.3 is 11.1 Å². The Morgan fingerprint density at radius 2 is 2.33 bits per heavy atom. The SMILES string of the molecule is C[C@@H](CN)NC(=O)c1ccc(F)c(Br)c1. The highest BCUT2D eigenvalue weighted by molar-refractivity contribution is 9.10. The first-order chi connectivity index (χ1) is 7.04. The molecule has 15 heavy (non-hydrogen) atoms. The number of rotatable bonds is 3. The number of carbonyl (C=O) groups is 1. The molecule has 0 saturated carbocycles. The lowest BCUT2D eigenvalue weighted by Gasteiger charge is -2.11. The summed E-state index contributed by atoms with van der Waals surface area (Å²) in [6.45, 7) is 2.17. The van der Waals surface area contributed by atoms with Crippen LogP contribution in [-0.2, 0) is 0 Å². The molecule has 82 valence electrons. The van der Waals surface area contributed by atoms with Gasteiger partial charge in [-0.1, -0.05) is 0 Å². The van der Waals surface area contributed by atoms with Crippen LogP contribution in [0.4, 0.5) is 4.39 Å². The zero-order valence-corrected chi connectivity index (χ0v) is 9.84. The van der Waals surface area contributed by atoms with Gasteiger partial charge in [0.25, 0.3) is 5.91 Å². The molecule has 1 aromatic rings. The van der Waals surface area contributed by atoms with Crippen LogP contribution in [0.5, 0.6) is 0 Å². The van der Waals surface area contributed by atoms with Crippen molar-refractivity contribution < 1.29 is 9.18 Å². The van der Waals surface area contributed by atoms with Crippen molar-refractivity contribution in [1.29, 1.82) is 0 Å². The number of amides is 1. The third kappa shape index (κ3) is 3.28. The molecule has 0 aliphatic heterocycles. The van der Waals surface area contributed by atoms with Crippen molar-refractivity contribution in [2.24, 2.45) is 5.73 Å². The van der Waals surface area contributed by atoms with Crippen molar-refractivity contribution in [2.45, 2.75) is 13.0 Å². The Morgan fingerprint density at radius 3 is 2.87 bits per heavy atom. The van der Waals surface area contributed by atoms with E-state index in [9.17, 15) is 9.18 Å². The maximum atomic E-state index is 12.9. The largest absolute Gasteiger partial charge is 0.348 e. The Balaban J connectivity index is 2.78. The zero-order chi connectivity index (χ0) is 11.4. The molecule has 0 spiro atoms. The van der Waals surface area contributed by atoms with Gasteiger partial charge in [-0.25, -0.2) is 4.39 Å². The molecule has 3 nitrogen and oxygen atoms in total. The highest BCUT2D eigenvalue weighted by Crippen LogP contribution is 2.16. The molecule has 0 fully saturated rings. The summed E-state index contributed by atoms with van der Waals surface area (Å²) in [5.74, 6) is -0.646. The number of halogens is 2. The molecule has 0 aromatic heterocycles. The Morgan fingerprint density at radius 1 is 1.67 bits per heavy atom. The first kappa shape index (κ1) is 12.1. The molecular formula is C10H12BrFN2O. The van der Waals surface area contributed by atoms with E-state index in [2.05, 4.69) is 21.2 Å². The van der Waals surface area contributed by atoms with Crippen LogP contribution in [0, 0.1) is 5.82 Å². The highest BCUT2D eigenvalue weighted by Gasteiger charge is 2.10. The fourth-order valence-corrected chi connectivity index (χ4v) is 1.38. The van der Waals surface area contributed by atoms with Gasteiger partial charge in [-0.05, 0) is 41.1 Å². The summed E-state index contributed by atoms with van der Waals surface area (Å²) in [5, 5.41) is 2.69. The number of hydrogen-bond donors (Lipinski definition) is 2. The van der Waals surface area contributed by atoms with Crippen molar-refractivity contribution in [3.63, 3.8) is 0 Å². The predicted molar refractivity (Wildman–Crippen MR) is 60.1 cm³/mol. The molecule has 0 radical (unpaired) electrons. The molecule has 0 bridgehead atoms. The molecule has 0 heterocycles. The minimum Gasteiger partial charge on any atom is -0.348 e. The van der Waals surface area contributed by atoms with Gasteiger partial charge in [-0.15, -0.1) is 0 Å². The monoisotopic (exact) mass is 274 g/mol. The first-order valence-corrected chi connectivity index (χ1v) is 5.30. The Hall–Kier alpha value is -0.940. The Kier molecular flexibility index (Phi) is 4.23. The number of carbonyl (C=O) groups excluding carboxylic acids is 1. The van der Waals surface area contributed by atoms with E-state index >= 15 is 0 Å². The fourth-order valence-electron chi connectivity index (χ4n) is 1.00. The van der Waals surface area contributed by atoms with Gasteiger partial charge in [0.1, 0.15) is 5.82 Å². The van der Waals surface area contributed by atoms with E-state index in [1.807, 2.05) is 0 Å². The summed E-state index contributed by atoms with van der Waals surface area (Å²) in [6, 6.07) is 4.01. The average Bonchev–Trinajstić information content (AvgIpc) is 2.21. The standard InChI is InChI=1S/C10H12BrFN2O/c1-6(5-13)14-10(15)7-2-3-9(12)8(11)4-7/h2-4,6H,5,13H2,1H3,(H,14,15)/t6-/m0/s1. The molecule has 0 aliphatic rings. The van der Waals surface area contributed by atoms with Crippen molar-refractivity contribution in [3.05, 3.63) is 34.1 Å². The van der Waals surface area contributed by atoms with Gasteiger partial charge in [-0.3, -0.25) is 4.79 Å². The minimum atomic E-state index is -0.390. The number of hydrogen-bond acceptors (Lipinski definition) is 2. The van der Waals surface area contributed by atoms with Crippen LogP contribution < -0.4 is 11.1 Å². The van der Waals surface area contributed by atoms with Gasteiger partial charge in [-0.2, -0.15) is 0 Å². The molecule has 1 aromatic carbocycles. The Bertz CT molecular complexity index is 370. The van der Waals surface area contributed by atoms with Gasteiger partial charge in [0.2, 0.25) is 0 Å². The summed E-state index contributed by atoms with van der Waals surface area (Å²) in [5.41, 5.74) is 5.77. The van der Waals surface area contributed by atoms with E-state index in [4.69, 9.17) is 5.73 Å². The van der Waals surface area contributed by atoms with E-state index in [0.29, 0.717) is 12.1 Å². The smallest absolute Gasteiger partial charge is 0.251 e. The number of benzene rings is 1. The second kappa shape index (κ2) is 5.23. The predicted octanol–water partition coefficient (Wildman–Crippen LogP) is 1.67. The van der Waals surface area contributed by atoms with Crippen LogP contribution in [0.15, 0.2) is 22.7 Å². The number of nitrogens with one attached hydrogen (secondary N) is 1. The van der Waals surface area contributed by atoms with Gasteiger partial charge in [0.15, 0.2) is 0 Å². The van der Waals surface area contributed by atoms with Crippen molar-refractivity contribution in [3.8, 4) is 0 Å². The van der Waals surface area contributed by atoms with E-state index in [0.717, 1.165) is 0 Å². The molecule has 0 unspecified atom stereocenters. The summed E-state index contributed by atoms with van der Waals surface area (Å²) in [7, 11) is 0. The molecular weight excluding hydrogens is 263 g/mol. The van der Waals surface area contributed by atoms with Gasteiger partial charge >= 0.3 is 0 Å². The molecule has 1 atom stereocenters. The fraction of sp³-hybridized carbons (Fsp3) is 0.300. The van der Waals surface area contributed by atoms with Crippen LogP contribution >= 0.6 is 15.9 Å². The van der Waals surface area contributed by atoms with Crippen LogP contribution in [0.25, 0.3) is 0 Å².